The number of amides is 1. The molecular formula is C24H27FN6O. The van der Waals surface area contributed by atoms with Gasteiger partial charge in [-0.2, -0.15) is 0 Å². The second kappa shape index (κ2) is 9.32. The van der Waals surface area contributed by atoms with Gasteiger partial charge in [0, 0.05) is 23.8 Å². The number of nitrogens with zero attached hydrogens (tertiary/aromatic N) is 2. The van der Waals surface area contributed by atoms with Crippen molar-refractivity contribution < 1.29 is 9.18 Å². The van der Waals surface area contributed by atoms with Crippen molar-refractivity contribution >= 4 is 23.2 Å². The van der Waals surface area contributed by atoms with Crippen LogP contribution in [0.1, 0.15) is 41.6 Å². The lowest BCUT2D eigenvalue weighted by atomic mass is 9.91. The second-order valence-corrected chi connectivity index (χ2v) is 8.24. The first-order valence-corrected chi connectivity index (χ1v) is 10.7. The van der Waals surface area contributed by atoms with Crippen molar-refractivity contribution in [2.75, 3.05) is 10.6 Å². The minimum atomic E-state index is -0.775. The predicted molar refractivity (Wildman–Crippen MR) is 124 cm³/mol. The summed E-state index contributed by atoms with van der Waals surface area (Å²) in [5.41, 5.74) is 15.3. The van der Waals surface area contributed by atoms with Crippen LogP contribution in [-0.4, -0.2) is 28.0 Å². The Balaban J connectivity index is 1.65. The van der Waals surface area contributed by atoms with E-state index in [9.17, 15) is 9.18 Å². The van der Waals surface area contributed by atoms with Gasteiger partial charge in [0.05, 0.1) is 17.4 Å². The van der Waals surface area contributed by atoms with E-state index in [1.165, 1.54) is 0 Å². The minimum absolute atomic E-state index is 0.0399. The van der Waals surface area contributed by atoms with E-state index in [4.69, 9.17) is 11.5 Å². The number of aryl methyl sites for hydroxylation is 1. The lowest BCUT2D eigenvalue weighted by Gasteiger charge is -2.30. The molecule has 8 heteroatoms. The number of hydrogen-bond acceptors (Lipinski definition) is 6. The van der Waals surface area contributed by atoms with Gasteiger partial charge in [-0.05, 0) is 37.5 Å². The Labute approximate surface area is 186 Å². The molecule has 1 amide bonds. The third-order valence-electron chi connectivity index (χ3n) is 5.74. The molecule has 1 aromatic carbocycles. The van der Waals surface area contributed by atoms with E-state index >= 15 is 0 Å². The van der Waals surface area contributed by atoms with Gasteiger partial charge in [-0.25, -0.2) is 9.37 Å². The normalized spacial score (nSPS) is 18.2. The molecule has 2 aromatic heterocycles. The van der Waals surface area contributed by atoms with Crippen LogP contribution in [-0.2, 0) is 0 Å². The Morgan fingerprint density at radius 1 is 1.09 bits per heavy atom. The van der Waals surface area contributed by atoms with Crippen LogP contribution in [0.2, 0.25) is 0 Å². The summed E-state index contributed by atoms with van der Waals surface area (Å²) >= 11 is 0. The Morgan fingerprint density at radius 2 is 1.91 bits per heavy atom. The van der Waals surface area contributed by atoms with E-state index < -0.39 is 11.7 Å². The summed E-state index contributed by atoms with van der Waals surface area (Å²) < 4.78 is 14.7. The first-order chi connectivity index (χ1) is 15.4. The summed E-state index contributed by atoms with van der Waals surface area (Å²) in [6, 6.07) is 10.9. The van der Waals surface area contributed by atoms with Crippen LogP contribution in [0.4, 0.5) is 21.7 Å². The fourth-order valence-corrected chi connectivity index (χ4v) is 4.02. The molecule has 4 rings (SSSR count). The zero-order valence-electron chi connectivity index (χ0n) is 17.9. The lowest BCUT2D eigenvalue weighted by Crippen LogP contribution is -2.43. The molecule has 0 bridgehead atoms. The van der Waals surface area contributed by atoms with Gasteiger partial charge in [0.15, 0.2) is 11.6 Å². The Hall–Kier alpha value is -3.52. The number of hydrogen-bond donors (Lipinski definition) is 4. The molecule has 6 N–H and O–H groups in total. The molecule has 0 saturated heterocycles. The SMILES string of the molecule is Cc1cccc(-c2cncc(Nc3nc(N[C@@H]4CCCC[C@@H]4N)c(F)cc3C(N)=O)c2)c1. The maximum absolute atomic E-state index is 14.7. The van der Waals surface area contributed by atoms with Gasteiger partial charge in [-0.3, -0.25) is 9.78 Å². The second-order valence-electron chi connectivity index (χ2n) is 8.24. The van der Waals surface area contributed by atoms with Gasteiger partial charge in [0.2, 0.25) is 0 Å². The fraction of sp³-hybridized carbons (Fsp3) is 0.292. The summed E-state index contributed by atoms with van der Waals surface area (Å²) in [6.45, 7) is 2.02. The van der Waals surface area contributed by atoms with Gasteiger partial charge >= 0.3 is 0 Å². The van der Waals surface area contributed by atoms with Crippen molar-refractivity contribution in [3.8, 4) is 11.1 Å². The molecule has 7 nitrogen and oxygen atoms in total. The zero-order valence-corrected chi connectivity index (χ0v) is 17.9. The fourth-order valence-electron chi connectivity index (χ4n) is 4.02. The van der Waals surface area contributed by atoms with Crippen LogP contribution in [0.3, 0.4) is 0 Å². The third-order valence-corrected chi connectivity index (χ3v) is 5.74. The number of aromatic nitrogens is 2. The maximum Gasteiger partial charge on any atom is 0.252 e. The average Bonchev–Trinajstić information content (AvgIpc) is 2.77. The largest absolute Gasteiger partial charge is 0.365 e. The average molecular weight is 435 g/mol. The van der Waals surface area contributed by atoms with Crippen molar-refractivity contribution in [1.29, 1.82) is 0 Å². The number of halogens is 1. The first-order valence-electron chi connectivity index (χ1n) is 10.7. The highest BCUT2D eigenvalue weighted by Crippen LogP contribution is 2.28. The number of nitrogens with one attached hydrogen (secondary N) is 2. The lowest BCUT2D eigenvalue weighted by molar-refractivity contribution is 0.100. The molecule has 0 spiro atoms. The van der Waals surface area contributed by atoms with Gasteiger partial charge < -0.3 is 22.1 Å². The van der Waals surface area contributed by atoms with Gasteiger partial charge in [-0.1, -0.05) is 42.7 Å². The summed E-state index contributed by atoms with van der Waals surface area (Å²) in [5.74, 6) is -1.21. The van der Waals surface area contributed by atoms with Crippen LogP contribution in [0.25, 0.3) is 11.1 Å². The molecule has 32 heavy (non-hydrogen) atoms. The van der Waals surface area contributed by atoms with E-state index in [-0.39, 0.29) is 29.3 Å². The van der Waals surface area contributed by atoms with E-state index in [0.717, 1.165) is 48.4 Å². The van der Waals surface area contributed by atoms with E-state index in [1.54, 1.807) is 12.4 Å². The Morgan fingerprint density at radius 3 is 2.66 bits per heavy atom. The Kier molecular flexibility index (Phi) is 6.32. The first kappa shape index (κ1) is 21.7. The number of nitrogens with two attached hydrogens (primary N) is 2. The Bertz CT molecular complexity index is 1140. The smallest absolute Gasteiger partial charge is 0.252 e. The summed E-state index contributed by atoms with van der Waals surface area (Å²) in [6.07, 6.45) is 7.16. The highest BCUT2D eigenvalue weighted by atomic mass is 19.1. The molecule has 0 radical (unpaired) electrons. The summed E-state index contributed by atoms with van der Waals surface area (Å²) in [4.78, 5) is 20.6. The zero-order chi connectivity index (χ0) is 22.7. The molecule has 166 valence electrons. The molecule has 1 saturated carbocycles. The van der Waals surface area contributed by atoms with Crippen molar-refractivity contribution in [3.63, 3.8) is 0 Å². The van der Waals surface area contributed by atoms with Crippen LogP contribution in [0, 0.1) is 12.7 Å². The third kappa shape index (κ3) is 4.86. The summed E-state index contributed by atoms with van der Waals surface area (Å²) in [7, 11) is 0. The highest BCUT2D eigenvalue weighted by molar-refractivity contribution is 5.98. The molecule has 2 heterocycles. The quantitative estimate of drug-likeness (QED) is 0.463. The van der Waals surface area contributed by atoms with E-state index in [2.05, 4.69) is 26.7 Å². The van der Waals surface area contributed by atoms with Gasteiger partial charge in [-0.15, -0.1) is 0 Å². The monoisotopic (exact) mass is 434 g/mol. The number of carbonyl (C=O) groups excluding carboxylic acids is 1. The van der Waals surface area contributed by atoms with Gasteiger partial charge in [0.1, 0.15) is 5.82 Å². The minimum Gasteiger partial charge on any atom is -0.365 e. The highest BCUT2D eigenvalue weighted by Gasteiger charge is 2.24. The van der Waals surface area contributed by atoms with Crippen LogP contribution >= 0.6 is 0 Å². The van der Waals surface area contributed by atoms with Crippen molar-refractivity contribution in [3.05, 3.63) is 65.7 Å². The molecule has 3 aromatic rings. The molecule has 0 aliphatic heterocycles. The number of carbonyl (C=O) groups is 1. The topological polar surface area (TPSA) is 119 Å². The number of anilines is 3. The van der Waals surface area contributed by atoms with E-state index in [0.29, 0.717) is 5.69 Å². The van der Waals surface area contributed by atoms with Crippen LogP contribution in [0.5, 0.6) is 0 Å². The number of pyridine rings is 2. The maximum atomic E-state index is 14.7. The molecule has 0 unspecified atom stereocenters. The predicted octanol–water partition coefficient (Wildman–Crippen LogP) is 4.12. The number of primary amides is 1. The molecule has 2 atom stereocenters. The standard InChI is InChI=1S/C24H27FN6O/c1-14-5-4-6-15(9-14)16-10-17(13-28-12-16)29-23-18(22(27)32)11-19(25)24(31-23)30-21-8-3-2-7-20(21)26/h4-6,9-13,20-21H,2-3,7-8,26H2,1H3,(H2,27,32)(H2,29,30,31)/t20-,21+/m0/s1. The molecule has 1 aliphatic carbocycles. The van der Waals surface area contributed by atoms with Crippen LogP contribution in [0.15, 0.2) is 48.8 Å². The van der Waals surface area contributed by atoms with E-state index in [1.807, 2.05) is 31.2 Å². The van der Waals surface area contributed by atoms with Crippen LogP contribution < -0.4 is 22.1 Å². The van der Waals surface area contributed by atoms with Crippen molar-refractivity contribution in [1.82, 2.24) is 9.97 Å². The molecule has 1 fully saturated rings. The van der Waals surface area contributed by atoms with Gasteiger partial charge in [0.25, 0.3) is 5.91 Å². The van der Waals surface area contributed by atoms with Crippen molar-refractivity contribution in [2.45, 2.75) is 44.7 Å². The molecule has 1 aliphatic rings. The number of benzene rings is 1. The molecular weight excluding hydrogens is 407 g/mol. The number of rotatable bonds is 6. The van der Waals surface area contributed by atoms with Crippen molar-refractivity contribution in [2.24, 2.45) is 11.5 Å². The summed E-state index contributed by atoms with van der Waals surface area (Å²) in [5, 5.41) is 6.20.